The van der Waals surface area contributed by atoms with Crippen molar-refractivity contribution in [2.24, 2.45) is 7.05 Å². The van der Waals surface area contributed by atoms with Crippen LogP contribution in [0.3, 0.4) is 0 Å². The highest BCUT2D eigenvalue weighted by Crippen LogP contribution is 2.22. The second-order valence-corrected chi connectivity index (χ2v) is 7.67. The Labute approximate surface area is 150 Å². The highest BCUT2D eigenvalue weighted by molar-refractivity contribution is 7.89. The van der Waals surface area contributed by atoms with Gasteiger partial charge in [-0.05, 0) is 24.3 Å². The van der Waals surface area contributed by atoms with Gasteiger partial charge in [-0.15, -0.1) is 5.10 Å². The van der Waals surface area contributed by atoms with Crippen LogP contribution in [-0.4, -0.2) is 71.9 Å². The molecule has 0 amide bonds. The normalized spacial score (nSPS) is 15.8. The summed E-state index contributed by atoms with van der Waals surface area (Å²) in [6, 6.07) is 6.25. The van der Waals surface area contributed by atoms with Crippen molar-refractivity contribution < 1.29 is 23.1 Å². The predicted octanol–water partition coefficient (Wildman–Crippen LogP) is 0.0328. The van der Waals surface area contributed by atoms with Gasteiger partial charge in [-0.1, -0.05) is 0 Å². The average molecular weight is 381 g/mol. The first-order valence-corrected chi connectivity index (χ1v) is 9.30. The summed E-state index contributed by atoms with van der Waals surface area (Å²) in [5.74, 6) is -0.488. The summed E-state index contributed by atoms with van der Waals surface area (Å²) in [4.78, 5) is 17.0. The van der Waals surface area contributed by atoms with Gasteiger partial charge in [0.2, 0.25) is 16.0 Å². The van der Waals surface area contributed by atoms with E-state index in [-0.39, 0.29) is 23.8 Å². The van der Waals surface area contributed by atoms with Crippen LogP contribution in [0.25, 0.3) is 0 Å². The molecule has 2 aromatic rings. The van der Waals surface area contributed by atoms with Crippen molar-refractivity contribution in [2.75, 3.05) is 38.2 Å². The molecular formula is C15H19N5O5S. The molecule has 1 N–H and O–H groups in total. The maximum atomic E-state index is 12.7. The zero-order valence-corrected chi connectivity index (χ0v) is 15.2. The van der Waals surface area contributed by atoms with Crippen LogP contribution in [0.15, 0.2) is 29.2 Å². The minimum absolute atomic E-state index is 0.207. The Morgan fingerprint density at radius 3 is 2.27 bits per heavy atom. The van der Waals surface area contributed by atoms with Crippen molar-refractivity contribution in [3.05, 3.63) is 30.1 Å². The van der Waals surface area contributed by atoms with Gasteiger partial charge in [0.1, 0.15) is 5.75 Å². The first kappa shape index (κ1) is 18.1. The zero-order chi connectivity index (χ0) is 18.9. The number of piperazine rings is 1. The van der Waals surface area contributed by atoms with Crippen molar-refractivity contribution in [3.63, 3.8) is 0 Å². The van der Waals surface area contributed by atoms with Gasteiger partial charge in [-0.2, -0.15) is 9.29 Å². The molecule has 1 saturated heterocycles. The fourth-order valence-corrected chi connectivity index (χ4v) is 4.19. The van der Waals surface area contributed by atoms with Crippen LogP contribution in [-0.2, 0) is 17.1 Å². The third kappa shape index (κ3) is 3.35. The molecule has 0 atom stereocenters. The first-order chi connectivity index (χ1) is 12.3. The van der Waals surface area contributed by atoms with E-state index in [0.717, 1.165) is 0 Å². The summed E-state index contributed by atoms with van der Waals surface area (Å²) >= 11 is 0. The number of hydrogen-bond acceptors (Lipinski definition) is 7. The SMILES string of the molecule is COc1ccc(S(=O)(=O)N2CCN(c3nc(C(=O)O)nn3C)CC2)cc1. The van der Waals surface area contributed by atoms with E-state index < -0.39 is 16.0 Å². The van der Waals surface area contributed by atoms with E-state index in [4.69, 9.17) is 9.84 Å². The lowest BCUT2D eigenvalue weighted by molar-refractivity contribution is 0.0683. The van der Waals surface area contributed by atoms with Gasteiger partial charge in [0.25, 0.3) is 5.82 Å². The molecule has 0 radical (unpaired) electrons. The van der Waals surface area contributed by atoms with E-state index >= 15 is 0 Å². The van der Waals surface area contributed by atoms with Crippen molar-refractivity contribution in [1.82, 2.24) is 19.1 Å². The van der Waals surface area contributed by atoms with E-state index in [9.17, 15) is 13.2 Å². The number of sulfonamides is 1. The van der Waals surface area contributed by atoms with Crippen molar-refractivity contribution in [3.8, 4) is 5.75 Å². The quantitative estimate of drug-likeness (QED) is 0.771. The minimum atomic E-state index is -3.60. The lowest BCUT2D eigenvalue weighted by Gasteiger charge is -2.34. The molecule has 1 aliphatic rings. The summed E-state index contributed by atoms with van der Waals surface area (Å²) in [7, 11) is -0.472. The number of aromatic carboxylic acids is 1. The molecule has 1 aliphatic heterocycles. The molecule has 1 aromatic heterocycles. The molecule has 0 saturated carbocycles. The topological polar surface area (TPSA) is 118 Å². The third-order valence-corrected chi connectivity index (χ3v) is 6.06. The van der Waals surface area contributed by atoms with Crippen molar-refractivity contribution in [1.29, 1.82) is 0 Å². The molecule has 0 aliphatic carbocycles. The summed E-state index contributed by atoms with van der Waals surface area (Å²) in [5, 5.41) is 12.8. The van der Waals surface area contributed by atoms with Gasteiger partial charge in [-0.25, -0.2) is 17.9 Å². The van der Waals surface area contributed by atoms with E-state index in [1.165, 1.54) is 28.2 Å². The molecule has 1 aromatic carbocycles. The second kappa shape index (κ2) is 6.92. The first-order valence-electron chi connectivity index (χ1n) is 7.86. The summed E-state index contributed by atoms with van der Waals surface area (Å²) in [6.45, 7) is 1.31. The number of aromatic nitrogens is 3. The number of benzene rings is 1. The number of carboxylic acid groups (broad SMARTS) is 1. The highest BCUT2D eigenvalue weighted by atomic mass is 32.2. The van der Waals surface area contributed by atoms with E-state index in [1.807, 2.05) is 4.90 Å². The van der Waals surface area contributed by atoms with Crippen LogP contribution in [0.2, 0.25) is 0 Å². The molecular weight excluding hydrogens is 362 g/mol. The van der Waals surface area contributed by atoms with Crippen molar-refractivity contribution in [2.45, 2.75) is 4.90 Å². The number of methoxy groups -OCH3 is 1. The van der Waals surface area contributed by atoms with Crippen LogP contribution in [0, 0.1) is 0 Å². The number of carbonyl (C=O) groups is 1. The van der Waals surface area contributed by atoms with E-state index in [1.54, 1.807) is 19.2 Å². The average Bonchev–Trinajstić information content (AvgIpc) is 3.04. The Hall–Kier alpha value is -2.66. The van der Waals surface area contributed by atoms with Crippen molar-refractivity contribution >= 4 is 21.9 Å². The number of ether oxygens (including phenoxy) is 1. The van der Waals surface area contributed by atoms with Crippen LogP contribution in [0.5, 0.6) is 5.75 Å². The van der Waals surface area contributed by atoms with Crippen LogP contribution in [0.4, 0.5) is 5.95 Å². The summed E-state index contributed by atoms with van der Waals surface area (Å²) < 4.78 is 33.3. The lowest BCUT2D eigenvalue weighted by Crippen LogP contribution is -2.49. The number of rotatable bonds is 5. The molecule has 11 heteroatoms. The van der Waals surface area contributed by atoms with Gasteiger partial charge in [0, 0.05) is 33.2 Å². The van der Waals surface area contributed by atoms with Gasteiger partial charge >= 0.3 is 5.97 Å². The molecule has 26 heavy (non-hydrogen) atoms. The summed E-state index contributed by atoms with van der Waals surface area (Å²) in [6.07, 6.45) is 0. The molecule has 3 rings (SSSR count). The Kier molecular flexibility index (Phi) is 4.83. The number of nitrogens with zero attached hydrogens (tertiary/aromatic N) is 5. The zero-order valence-electron chi connectivity index (χ0n) is 14.4. The maximum Gasteiger partial charge on any atom is 0.375 e. The monoisotopic (exact) mass is 381 g/mol. The molecule has 1 fully saturated rings. The number of hydrogen-bond donors (Lipinski definition) is 1. The Bertz CT molecular complexity index is 901. The number of carboxylic acids is 1. The molecule has 0 unspecified atom stereocenters. The minimum Gasteiger partial charge on any atom is -0.497 e. The maximum absolute atomic E-state index is 12.7. The molecule has 10 nitrogen and oxygen atoms in total. The van der Waals surface area contributed by atoms with Crippen LogP contribution < -0.4 is 9.64 Å². The molecule has 0 bridgehead atoms. The van der Waals surface area contributed by atoms with E-state index in [2.05, 4.69) is 10.1 Å². The Balaban J connectivity index is 1.72. The Morgan fingerprint density at radius 1 is 1.15 bits per heavy atom. The third-order valence-electron chi connectivity index (χ3n) is 4.15. The van der Waals surface area contributed by atoms with Crippen LogP contribution >= 0.6 is 0 Å². The smallest absolute Gasteiger partial charge is 0.375 e. The number of anilines is 1. The highest BCUT2D eigenvalue weighted by Gasteiger charge is 2.30. The van der Waals surface area contributed by atoms with E-state index in [0.29, 0.717) is 24.8 Å². The van der Waals surface area contributed by atoms with Gasteiger partial charge in [0.05, 0.1) is 12.0 Å². The fraction of sp³-hybridized carbons (Fsp3) is 0.400. The second-order valence-electron chi connectivity index (χ2n) is 5.73. The van der Waals surface area contributed by atoms with Crippen LogP contribution in [0.1, 0.15) is 10.6 Å². The fourth-order valence-electron chi connectivity index (χ4n) is 2.77. The summed E-state index contributed by atoms with van der Waals surface area (Å²) in [5.41, 5.74) is 0. The standard InChI is InChI=1S/C15H19N5O5S/c1-18-15(16-13(17-18)14(21)22)19-7-9-20(10-8-19)26(23,24)12-5-3-11(25-2)4-6-12/h3-6H,7-10H2,1-2H3,(H,21,22). The predicted molar refractivity (Wildman–Crippen MR) is 91.9 cm³/mol. The largest absolute Gasteiger partial charge is 0.497 e. The Morgan fingerprint density at radius 2 is 1.77 bits per heavy atom. The van der Waals surface area contributed by atoms with Gasteiger partial charge in [-0.3, -0.25) is 0 Å². The molecule has 140 valence electrons. The lowest BCUT2D eigenvalue weighted by atomic mass is 10.3. The molecule has 2 heterocycles. The van der Waals surface area contributed by atoms with Gasteiger partial charge < -0.3 is 14.7 Å². The van der Waals surface area contributed by atoms with Gasteiger partial charge in [0.15, 0.2) is 0 Å². The number of aryl methyl sites for hydroxylation is 1. The molecule has 0 spiro atoms.